The first-order valence-corrected chi connectivity index (χ1v) is 14.1. The summed E-state index contributed by atoms with van der Waals surface area (Å²) in [5, 5.41) is 20.6. The molecule has 2 spiro atoms. The zero-order valence-electron chi connectivity index (χ0n) is 22.5. The van der Waals surface area contributed by atoms with E-state index in [9.17, 15) is 15.0 Å². The van der Waals surface area contributed by atoms with E-state index in [0.29, 0.717) is 51.6 Å². The molecule has 0 aromatic heterocycles. The number of carbonyl (C=O) groups excluding carboxylic acids is 1. The van der Waals surface area contributed by atoms with Crippen molar-refractivity contribution in [1.82, 2.24) is 0 Å². The van der Waals surface area contributed by atoms with Crippen LogP contribution in [0.5, 0.6) is 0 Å². The zero-order valence-corrected chi connectivity index (χ0v) is 22.5. The average molecular weight is 459 g/mol. The number of hydrogen-bond donors (Lipinski definition) is 2. The fourth-order valence-corrected chi connectivity index (χ4v) is 11.1. The third-order valence-electron chi connectivity index (χ3n) is 13.3. The van der Waals surface area contributed by atoms with Crippen LogP contribution in [0.2, 0.25) is 0 Å². The van der Waals surface area contributed by atoms with Gasteiger partial charge in [-0.05, 0) is 123 Å². The van der Waals surface area contributed by atoms with Gasteiger partial charge in [-0.2, -0.15) is 0 Å². The Kier molecular flexibility index (Phi) is 5.22. The lowest BCUT2D eigenvalue weighted by molar-refractivity contribution is -0.157. The van der Waals surface area contributed by atoms with E-state index in [1.54, 1.807) is 13.8 Å². The number of fused-ring (bicyclic) bond motifs is 2. The van der Waals surface area contributed by atoms with Gasteiger partial charge in [0.05, 0.1) is 11.7 Å². The molecular formula is C30H50O3. The van der Waals surface area contributed by atoms with E-state index in [2.05, 4.69) is 34.6 Å². The Bertz CT molecular complexity index is 825. The maximum atomic E-state index is 12.8. The Hall–Kier alpha value is -0.410. The monoisotopic (exact) mass is 458 g/mol. The van der Waals surface area contributed by atoms with Crippen LogP contribution in [0.25, 0.3) is 0 Å². The van der Waals surface area contributed by atoms with Crippen molar-refractivity contribution in [2.24, 2.45) is 50.7 Å². The Morgan fingerprint density at radius 1 is 0.909 bits per heavy atom. The quantitative estimate of drug-likeness (QED) is 0.491. The van der Waals surface area contributed by atoms with Crippen molar-refractivity contribution < 1.29 is 15.0 Å². The molecule has 0 aliphatic heterocycles. The van der Waals surface area contributed by atoms with E-state index in [4.69, 9.17) is 0 Å². The first kappa shape index (κ1) is 24.3. The number of aliphatic hydroxyl groups is 2. The van der Waals surface area contributed by atoms with Gasteiger partial charge in [0.2, 0.25) is 0 Å². The third-order valence-corrected chi connectivity index (χ3v) is 13.3. The maximum Gasteiger partial charge on any atom is 0.138 e. The van der Waals surface area contributed by atoms with Gasteiger partial charge in [0.25, 0.3) is 0 Å². The van der Waals surface area contributed by atoms with Crippen LogP contribution >= 0.6 is 0 Å². The lowest BCUT2D eigenvalue weighted by Gasteiger charge is -2.62. The van der Waals surface area contributed by atoms with Crippen LogP contribution in [-0.2, 0) is 4.79 Å². The van der Waals surface area contributed by atoms with Crippen molar-refractivity contribution in [2.45, 2.75) is 131 Å². The number of ketones is 1. The van der Waals surface area contributed by atoms with Crippen molar-refractivity contribution in [1.29, 1.82) is 0 Å². The highest BCUT2D eigenvalue weighted by Gasteiger charge is 2.82. The molecule has 188 valence electrons. The zero-order chi connectivity index (χ0) is 24.2. The molecule has 0 saturated heterocycles. The molecule has 0 radical (unpaired) electrons. The molecule has 0 aromatic rings. The summed E-state index contributed by atoms with van der Waals surface area (Å²) >= 11 is 0. The Balaban J connectivity index is 1.37. The summed E-state index contributed by atoms with van der Waals surface area (Å²) in [7, 11) is 0. The SMILES string of the molecule is C[C@H](CCC(O)C(C)(C)O)[C@H]1CC[C@@]2(C)[C@@H]3CC[C@H]4C(C)(C)C(=O)CC[C@@]45C[C@@]35CC[C@]12C. The summed E-state index contributed by atoms with van der Waals surface area (Å²) in [6.45, 7) is 15.7. The van der Waals surface area contributed by atoms with Gasteiger partial charge in [-0.15, -0.1) is 0 Å². The molecule has 3 heteroatoms. The van der Waals surface area contributed by atoms with Crippen molar-refractivity contribution in [2.75, 3.05) is 0 Å². The average Bonchev–Trinajstić information content (AvgIpc) is 3.31. The Morgan fingerprint density at radius 3 is 2.21 bits per heavy atom. The molecule has 5 aliphatic carbocycles. The fraction of sp³-hybridized carbons (Fsp3) is 0.967. The van der Waals surface area contributed by atoms with Gasteiger partial charge in [0, 0.05) is 11.8 Å². The Labute approximate surface area is 202 Å². The van der Waals surface area contributed by atoms with E-state index in [-0.39, 0.29) is 5.41 Å². The van der Waals surface area contributed by atoms with Gasteiger partial charge < -0.3 is 10.2 Å². The van der Waals surface area contributed by atoms with Crippen LogP contribution < -0.4 is 0 Å². The molecular weight excluding hydrogens is 408 g/mol. The van der Waals surface area contributed by atoms with Gasteiger partial charge in [0.15, 0.2) is 0 Å². The second-order valence-corrected chi connectivity index (χ2v) is 15.0. The summed E-state index contributed by atoms with van der Waals surface area (Å²) in [6.07, 6.45) is 12.4. The van der Waals surface area contributed by atoms with Gasteiger partial charge in [-0.25, -0.2) is 0 Å². The van der Waals surface area contributed by atoms with Crippen LogP contribution in [0.4, 0.5) is 0 Å². The number of aliphatic hydroxyl groups excluding tert-OH is 1. The number of carbonyl (C=O) groups is 1. The normalized spacial score (nSPS) is 50.0. The Morgan fingerprint density at radius 2 is 1.55 bits per heavy atom. The molecule has 0 aromatic carbocycles. The fourth-order valence-electron chi connectivity index (χ4n) is 11.1. The van der Waals surface area contributed by atoms with Crippen LogP contribution in [0.15, 0.2) is 0 Å². The first-order valence-electron chi connectivity index (χ1n) is 14.1. The van der Waals surface area contributed by atoms with E-state index in [1.807, 2.05) is 0 Å². The molecule has 0 bridgehead atoms. The summed E-state index contributed by atoms with van der Waals surface area (Å²) in [5.74, 6) is 3.25. The minimum absolute atomic E-state index is 0.123. The molecule has 5 saturated carbocycles. The first-order chi connectivity index (χ1) is 15.2. The molecule has 1 unspecified atom stereocenters. The molecule has 0 amide bonds. The predicted octanol–water partition coefficient (Wildman–Crippen LogP) is 6.54. The van der Waals surface area contributed by atoms with Gasteiger partial charge >= 0.3 is 0 Å². The number of rotatable bonds is 5. The highest BCUT2D eigenvalue weighted by Crippen LogP contribution is 2.88. The summed E-state index contributed by atoms with van der Waals surface area (Å²) in [6, 6.07) is 0. The standard InChI is InChI=1S/C30H50O3/c1-19(8-11-24(32)26(4,5)33)20-12-14-28(7)22-10-9-21-25(2,3)23(31)13-15-29(21)18-30(22,29)17-16-27(20,28)6/h19-22,24,32-33H,8-18H2,1-7H3/t19-,20-,21+,22+,24?,27-,28+,29-,30+/m1/s1. The minimum Gasteiger partial charge on any atom is -0.390 e. The van der Waals surface area contributed by atoms with Crippen molar-refractivity contribution in [3.8, 4) is 0 Å². The van der Waals surface area contributed by atoms with E-state index >= 15 is 0 Å². The highest BCUT2D eigenvalue weighted by molar-refractivity contribution is 5.86. The van der Waals surface area contributed by atoms with E-state index < -0.39 is 11.7 Å². The van der Waals surface area contributed by atoms with Crippen LogP contribution in [-0.4, -0.2) is 27.7 Å². The second-order valence-electron chi connectivity index (χ2n) is 15.0. The molecule has 2 N–H and O–H groups in total. The molecule has 33 heavy (non-hydrogen) atoms. The van der Waals surface area contributed by atoms with Crippen molar-refractivity contribution >= 4 is 5.78 Å². The van der Waals surface area contributed by atoms with Gasteiger partial charge in [-0.3, -0.25) is 4.79 Å². The van der Waals surface area contributed by atoms with Gasteiger partial charge in [-0.1, -0.05) is 34.6 Å². The van der Waals surface area contributed by atoms with Crippen LogP contribution in [0.3, 0.4) is 0 Å². The molecule has 9 atom stereocenters. The third kappa shape index (κ3) is 2.96. The number of hydrogen-bond acceptors (Lipinski definition) is 3. The molecule has 5 aliphatic rings. The number of Topliss-reactive ketones (excluding diaryl/α,β-unsaturated/α-hetero) is 1. The molecule has 5 rings (SSSR count). The second kappa shape index (κ2) is 7.09. The van der Waals surface area contributed by atoms with Crippen LogP contribution in [0, 0.1) is 50.7 Å². The predicted molar refractivity (Wildman–Crippen MR) is 133 cm³/mol. The molecule has 0 heterocycles. The topological polar surface area (TPSA) is 57.5 Å². The van der Waals surface area contributed by atoms with Crippen molar-refractivity contribution in [3.05, 3.63) is 0 Å². The summed E-state index contributed by atoms with van der Waals surface area (Å²) in [5.41, 5.74) is 0.606. The van der Waals surface area contributed by atoms with E-state index in [0.717, 1.165) is 25.2 Å². The maximum absolute atomic E-state index is 12.8. The van der Waals surface area contributed by atoms with Crippen LogP contribution in [0.1, 0.15) is 119 Å². The summed E-state index contributed by atoms with van der Waals surface area (Å²) < 4.78 is 0. The smallest absolute Gasteiger partial charge is 0.138 e. The van der Waals surface area contributed by atoms with Gasteiger partial charge in [0.1, 0.15) is 5.78 Å². The van der Waals surface area contributed by atoms with Crippen molar-refractivity contribution in [3.63, 3.8) is 0 Å². The highest BCUT2D eigenvalue weighted by atomic mass is 16.3. The minimum atomic E-state index is -1.01. The summed E-state index contributed by atoms with van der Waals surface area (Å²) in [4.78, 5) is 12.8. The molecule has 3 nitrogen and oxygen atoms in total. The largest absolute Gasteiger partial charge is 0.390 e. The molecule has 5 fully saturated rings. The lowest BCUT2D eigenvalue weighted by atomic mass is 9.42. The van der Waals surface area contributed by atoms with E-state index in [1.165, 1.54) is 44.9 Å². The lowest BCUT2D eigenvalue weighted by Crippen LogP contribution is -2.57.